The van der Waals surface area contributed by atoms with E-state index in [0.29, 0.717) is 5.44 Å². The molecule has 1 N–H and O–H groups in total. The molecule has 0 spiro atoms. The summed E-state index contributed by atoms with van der Waals surface area (Å²) in [4.78, 5) is 4.57. The predicted octanol–water partition coefficient (Wildman–Crippen LogP) is 2.40. The molecule has 0 unspecified atom stereocenters. The van der Waals surface area contributed by atoms with Crippen molar-refractivity contribution in [1.29, 1.82) is 0 Å². The number of nitrogens with zero attached hydrogens (tertiary/aromatic N) is 1. The maximum absolute atomic E-state index is 12.4. The van der Waals surface area contributed by atoms with Crippen LogP contribution in [0.25, 0.3) is 0 Å². The van der Waals surface area contributed by atoms with Gasteiger partial charge in [-0.1, -0.05) is 19.9 Å². The largest absolute Gasteiger partial charge is 0.379 e. The Morgan fingerprint density at radius 2 is 1.95 bits per heavy atom. The molecule has 1 aromatic rings. The molecule has 0 fully saturated rings. The smallest absolute Gasteiger partial charge is 0.308 e. The molecule has 1 aromatic heterocycles. The zero-order chi connectivity index (χ0) is 14.8. The van der Waals surface area contributed by atoms with Gasteiger partial charge in [0, 0.05) is 38.4 Å². The van der Waals surface area contributed by atoms with Crippen LogP contribution in [0.5, 0.6) is 0 Å². The lowest BCUT2D eigenvalue weighted by Gasteiger charge is -2.37. The van der Waals surface area contributed by atoms with Crippen LogP contribution < -0.4 is 10.8 Å². The van der Waals surface area contributed by atoms with E-state index in [0.717, 1.165) is 37.1 Å². The van der Waals surface area contributed by atoms with E-state index in [1.807, 2.05) is 6.07 Å². The van der Waals surface area contributed by atoms with Gasteiger partial charge in [0.05, 0.1) is 0 Å². The maximum atomic E-state index is 12.4. The van der Waals surface area contributed by atoms with E-state index < -0.39 is 7.60 Å². The molecule has 0 aliphatic carbocycles. The molecule has 2 heterocycles. The third-order valence-corrected chi connectivity index (χ3v) is 6.10. The van der Waals surface area contributed by atoms with Gasteiger partial charge >= 0.3 is 7.60 Å². The quantitative estimate of drug-likeness (QED) is 0.846. The Morgan fingerprint density at radius 1 is 1.30 bits per heavy atom. The number of fused-ring (bicyclic) bond motifs is 1. The van der Waals surface area contributed by atoms with Gasteiger partial charge in [0.1, 0.15) is 0 Å². The third-order valence-electron chi connectivity index (χ3n) is 4.33. The summed E-state index contributed by atoms with van der Waals surface area (Å²) in [6, 6.07) is 3.70. The first-order valence-corrected chi connectivity index (χ1v) is 8.52. The minimum atomic E-state index is -3.27. The Kier molecular flexibility index (Phi) is 4.65. The van der Waals surface area contributed by atoms with Gasteiger partial charge in [0.15, 0.2) is 5.44 Å². The lowest BCUT2D eigenvalue weighted by molar-refractivity contribution is 0.275. The highest BCUT2D eigenvalue weighted by Gasteiger charge is 2.33. The van der Waals surface area contributed by atoms with Gasteiger partial charge in [0.2, 0.25) is 0 Å². The van der Waals surface area contributed by atoms with Crippen LogP contribution in [0.1, 0.15) is 37.9 Å². The van der Waals surface area contributed by atoms with E-state index in [1.165, 1.54) is 14.2 Å². The van der Waals surface area contributed by atoms with Crippen molar-refractivity contribution in [3.8, 4) is 0 Å². The first-order chi connectivity index (χ1) is 9.52. The van der Waals surface area contributed by atoms with Gasteiger partial charge in [-0.05, 0) is 24.5 Å². The van der Waals surface area contributed by atoms with Crippen molar-refractivity contribution in [3.63, 3.8) is 0 Å². The summed E-state index contributed by atoms with van der Waals surface area (Å²) in [6.07, 6.45) is 2.93. The van der Waals surface area contributed by atoms with Crippen LogP contribution in [0.15, 0.2) is 12.1 Å². The molecule has 1 aliphatic heterocycles. The fraction of sp³-hybridized carbons (Fsp3) is 0.643. The number of pyridine rings is 1. The summed E-state index contributed by atoms with van der Waals surface area (Å²) in [5.41, 5.74) is 2.64. The van der Waals surface area contributed by atoms with Gasteiger partial charge in [-0.2, -0.15) is 0 Å². The number of nitrogens with one attached hydrogen (secondary N) is 1. The normalized spacial score (nSPS) is 17.8. The molecule has 6 heteroatoms. The SMILES string of the molecule is CCC1(CC)Cc2nc(P(=O)(OC)OC)ccc2CN1. The van der Waals surface area contributed by atoms with Gasteiger partial charge in [0.25, 0.3) is 0 Å². The highest BCUT2D eigenvalue weighted by atomic mass is 31.2. The second-order valence-corrected chi connectivity index (χ2v) is 7.34. The first-order valence-electron chi connectivity index (χ1n) is 6.98. The Morgan fingerprint density at radius 3 is 2.50 bits per heavy atom. The number of hydrogen-bond acceptors (Lipinski definition) is 5. The Labute approximate surface area is 120 Å². The van der Waals surface area contributed by atoms with Crippen molar-refractivity contribution >= 4 is 13.0 Å². The molecule has 0 saturated carbocycles. The fourth-order valence-corrected chi connectivity index (χ4v) is 3.69. The lowest BCUT2D eigenvalue weighted by atomic mass is 9.83. The minimum Gasteiger partial charge on any atom is -0.308 e. The predicted molar refractivity (Wildman–Crippen MR) is 79.4 cm³/mol. The highest BCUT2D eigenvalue weighted by molar-refractivity contribution is 7.61. The van der Waals surface area contributed by atoms with E-state index in [4.69, 9.17) is 9.05 Å². The molecule has 2 rings (SSSR count). The summed E-state index contributed by atoms with van der Waals surface area (Å²) in [5, 5.41) is 3.60. The maximum Gasteiger partial charge on any atom is 0.379 e. The number of rotatable bonds is 5. The highest BCUT2D eigenvalue weighted by Crippen LogP contribution is 2.44. The van der Waals surface area contributed by atoms with Crippen molar-refractivity contribution < 1.29 is 13.6 Å². The Bertz CT molecular complexity index is 521. The third kappa shape index (κ3) is 2.68. The minimum absolute atomic E-state index is 0.0861. The van der Waals surface area contributed by atoms with Crippen molar-refractivity contribution in [2.45, 2.75) is 45.2 Å². The van der Waals surface area contributed by atoms with Gasteiger partial charge in [-0.25, -0.2) is 4.98 Å². The van der Waals surface area contributed by atoms with Crippen molar-refractivity contribution in [2.24, 2.45) is 0 Å². The number of aromatic nitrogens is 1. The Hall–Kier alpha value is -0.740. The average molecular weight is 298 g/mol. The van der Waals surface area contributed by atoms with Crippen LogP contribution in [-0.2, 0) is 26.6 Å². The molecule has 0 radical (unpaired) electrons. The molecule has 1 aliphatic rings. The molecule has 0 atom stereocenters. The molecule has 5 nitrogen and oxygen atoms in total. The Balaban J connectivity index is 2.39. The number of hydrogen-bond donors (Lipinski definition) is 1. The zero-order valence-corrected chi connectivity index (χ0v) is 13.5. The summed E-state index contributed by atoms with van der Waals surface area (Å²) >= 11 is 0. The molecule has 0 bridgehead atoms. The molecule has 0 aromatic carbocycles. The summed E-state index contributed by atoms with van der Waals surface area (Å²) in [7, 11) is -0.502. The van der Waals surface area contributed by atoms with E-state index >= 15 is 0 Å². The summed E-state index contributed by atoms with van der Waals surface area (Å²) in [5.74, 6) is 0. The zero-order valence-electron chi connectivity index (χ0n) is 12.6. The van der Waals surface area contributed by atoms with Gasteiger partial charge in [-0.15, -0.1) is 0 Å². The van der Waals surface area contributed by atoms with Crippen LogP contribution in [0, 0.1) is 0 Å². The molecular weight excluding hydrogens is 275 g/mol. The van der Waals surface area contributed by atoms with Crippen molar-refractivity contribution in [2.75, 3.05) is 14.2 Å². The van der Waals surface area contributed by atoms with Crippen molar-refractivity contribution in [1.82, 2.24) is 10.3 Å². The van der Waals surface area contributed by atoms with E-state index in [9.17, 15) is 4.57 Å². The average Bonchev–Trinajstić information content (AvgIpc) is 2.52. The monoisotopic (exact) mass is 298 g/mol. The molecule has 0 saturated heterocycles. The summed E-state index contributed by atoms with van der Waals surface area (Å²) < 4.78 is 22.5. The standard InChI is InChI=1S/C14H23N2O3P/c1-5-14(6-2)9-12-11(10-15-14)7-8-13(16-12)20(17,18-3)19-4/h7-8,15H,5-6,9-10H2,1-4H3. The van der Waals surface area contributed by atoms with Crippen LogP contribution in [0.2, 0.25) is 0 Å². The topological polar surface area (TPSA) is 60.5 Å². The fourth-order valence-electron chi connectivity index (χ4n) is 2.66. The van der Waals surface area contributed by atoms with Crippen molar-refractivity contribution in [3.05, 3.63) is 23.4 Å². The van der Waals surface area contributed by atoms with Crippen LogP contribution in [0.4, 0.5) is 0 Å². The molecule has 20 heavy (non-hydrogen) atoms. The molecular formula is C14H23N2O3P. The van der Waals surface area contributed by atoms with Gasteiger partial charge < -0.3 is 14.4 Å². The van der Waals surface area contributed by atoms with Gasteiger partial charge in [-0.3, -0.25) is 4.57 Å². The van der Waals surface area contributed by atoms with Crippen LogP contribution in [0.3, 0.4) is 0 Å². The lowest BCUT2D eigenvalue weighted by Crippen LogP contribution is -2.49. The second kappa shape index (κ2) is 5.94. The molecule has 112 valence electrons. The van der Waals surface area contributed by atoms with E-state index in [-0.39, 0.29) is 5.54 Å². The second-order valence-electron chi connectivity index (χ2n) is 5.16. The van der Waals surface area contributed by atoms with E-state index in [1.54, 1.807) is 6.07 Å². The van der Waals surface area contributed by atoms with Crippen LogP contribution >= 0.6 is 7.60 Å². The van der Waals surface area contributed by atoms with E-state index in [2.05, 4.69) is 24.1 Å². The van der Waals surface area contributed by atoms with Crippen LogP contribution in [-0.4, -0.2) is 24.7 Å². The first kappa shape index (κ1) is 15.6. The summed E-state index contributed by atoms with van der Waals surface area (Å²) in [6.45, 7) is 5.16. The molecule has 0 amide bonds.